The second-order valence-electron chi connectivity index (χ2n) is 5.49. The number of hydrogen-bond acceptors (Lipinski definition) is 1. The molecule has 1 aliphatic rings. The Balaban J connectivity index is 1.71. The molecule has 0 aromatic heterocycles. The van der Waals surface area contributed by atoms with E-state index in [1.165, 1.54) is 36.0 Å². The molecule has 1 atom stereocenters. The van der Waals surface area contributed by atoms with E-state index in [4.69, 9.17) is 4.74 Å². The Bertz CT molecular complexity index is 624. The number of aryl methyl sites for hydroxylation is 1. The third kappa shape index (κ3) is 3.51. The van der Waals surface area contributed by atoms with E-state index >= 15 is 0 Å². The summed E-state index contributed by atoms with van der Waals surface area (Å²) < 4.78 is 7.18. The minimum absolute atomic E-state index is 0.519. The molecule has 2 aromatic carbocycles. The zero-order chi connectivity index (χ0) is 14.7. The monoisotopic (exact) mass is 408 g/mol. The summed E-state index contributed by atoms with van der Waals surface area (Å²) in [5.74, 6) is 1.47. The molecule has 2 aromatic rings. The van der Waals surface area contributed by atoms with Crippen LogP contribution in [-0.2, 0) is 11.8 Å². The van der Waals surface area contributed by atoms with Gasteiger partial charge in [0.2, 0.25) is 0 Å². The molecule has 0 saturated heterocycles. The number of rotatable bonds is 4. The summed E-state index contributed by atoms with van der Waals surface area (Å²) in [5.41, 5.74) is 4.19. The summed E-state index contributed by atoms with van der Waals surface area (Å²) in [6.45, 7) is 0.764. The van der Waals surface area contributed by atoms with Gasteiger partial charge in [0, 0.05) is 15.7 Å². The summed E-state index contributed by atoms with van der Waals surface area (Å²) in [7, 11) is 0. The molecule has 0 heterocycles. The molecule has 21 heavy (non-hydrogen) atoms. The van der Waals surface area contributed by atoms with Crippen molar-refractivity contribution in [3.8, 4) is 5.75 Å². The molecule has 0 amide bonds. The van der Waals surface area contributed by atoms with Crippen LogP contribution in [0.2, 0.25) is 0 Å². The van der Waals surface area contributed by atoms with E-state index < -0.39 is 0 Å². The second kappa shape index (κ2) is 6.97. The van der Waals surface area contributed by atoms with E-state index in [1.54, 1.807) is 0 Å². The van der Waals surface area contributed by atoms with E-state index in [0.717, 1.165) is 22.2 Å². The number of alkyl halides is 1. The second-order valence-corrected chi connectivity index (χ2v) is 6.90. The Hall–Kier alpha value is -0.800. The quantitative estimate of drug-likeness (QED) is 0.576. The topological polar surface area (TPSA) is 9.23 Å². The first-order valence-corrected chi connectivity index (χ1v) is 9.24. The van der Waals surface area contributed by atoms with E-state index in [9.17, 15) is 0 Å². The van der Waals surface area contributed by atoms with Crippen molar-refractivity contribution in [3.05, 3.63) is 63.6 Å². The van der Waals surface area contributed by atoms with Crippen LogP contribution in [0.3, 0.4) is 0 Å². The number of hydrogen-bond donors (Lipinski definition) is 0. The lowest BCUT2D eigenvalue weighted by molar-refractivity contribution is 0.274. The van der Waals surface area contributed by atoms with E-state index in [-0.39, 0.29) is 0 Å². The van der Waals surface area contributed by atoms with Crippen LogP contribution >= 0.6 is 31.9 Å². The van der Waals surface area contributed by atoms with Gasteiger partial charge in [0.25, 0.3) is 0 Å². The fourth-order valence-electron chi connectivity index (χ4n) is 2.97. The van der Waals surface area contributed by atoms with Gasteiger partial charge in [0.15, 0.2) is 0 Å². The highest BCUT2D eigenvalue weighted by atomic mass is 79.9. The summed E-state index contributed by atoms with van der Waals surface area (Å²) in [6.07, 6.45) is 3.69. The number of benzene rings is 2. The molecule has 0 radical (unpaired) electrons. The highest BCUT2D eigenvalue weighted by Crippen LogP contribution is 2.32. The first kappa shape index (κ1) is 15.1. The molecule has 1 unspecified atom stereocenters. The molecular formula is C18H18Br2O. The lowest BCUT2D eigenvalue weighted by atomic mass is 9.83. The fourth-order valence-corrected chi connectivity index (χ4v) is 4.19. The van der Waals surface area contributed by atoms with Crippen LogP contribution in [0.15, 0.2) is 46.9 Å². The van der Waals surface area contributed by atoms with Crippen molar-refractivity contribution in [2.24, 2.45) is 0 Å². The van der Waals surface area contributed by atoms with Gasteiger partial charge in [-0.25, -0.2) is 0 Å². The molecule has 0 bridgehead atoms. The van der Waals surface area contributed by atoms with Crippen LogP contribution in [0.25, 0.3) is 0 Å². The van der Waals surface area contributed by atoms with Crippen molar-refractivity contribution in [2.45, 2.75) is 30.5 Å². The first-order chi connectivity index (χ1) is 10.3. The molecule has 0 N–H and O–H groups in total. The Morgan fingerprint density at radius 2 is 2.00 bits per heavy atom. The van der Waals surface area contributed by atoms with E-state index in [0.29, 0.717) is 5.92 Å². The van der Waals surface area contributed by atoms with Gasteiger partial charge >= 0.3 is 0 Å². The van der Waals surface area contributed by atoms with Crippen LogP contribution in [0.4, 0.5) is 0 Å². The first-order valence-electron chi connectivity index (χ1n) is 7.33. The van der Waals surface area contributed by atoms with E-state index in [1.807, 2.05) is 6.07 Å². The van der Waals surface area contributed by atoms with Gasteiger partial charge in [-0.05, 0) is 54.2 Å². The third-order valence-corrected chi connectivity index (χ3v) is 5.48. The van der Waals surface area contributed by atoms with Gasteiger partial charge in [0.05, 0.1) is 6.61 Å². The number of fused-ring (bicyclic) bond motifs is 1. The minimum Gasteiger partial charge on any atom is -0.493 e. The van der Waals surface area contributed by atoms with Crippen molar-refractivity contribution in [1.82, 2.24) is 0 Å². The van der Waals surface area contributed by atoms with Crippen LogP contribution in [0.5, 0.6) is 5.75 Å². The summed E-state index contributed by atoms with van der Waals surface area (Å²) in [6, 6.07) is 15.0. The minimum atomic E-state index is 0.519. The number of halogens is 2. The molecule has 3 heteroatoms. The van der Waals surface area contributed by atoms with Crippen LogP contribution in [0.1, 0.15) is 35.4 Å². The predicted octanol–water partition coefficient (Wildman–Crippen LogP) is 5.84. The van der Waals surface area contributed by atoms with E-state index in [2.05, 4.69) is 68.3 Å². The molecule has 1 nitrogen and oxygen atoms in total. The highest BCUT2D eigenvalue weighted by Gasteiger charge is 2.20. The maximum Gasteiger partial charge on any atom is 0.119 e. The summed E-state index contributed by atoms with van der Waals surface area (Å²) in [4.78, 5) is 0. The van der Waals surface area contributed by atoms with Crippen molar-refractivity contribution >= 4 is 31.9 Å². The molecule has 1 aliphatic carbocycles. The fraction of sp³-hybridized carbons (Fsp3) is 0.333. The standard InChI is InChI=1S/C18H18Br2O/c19-11-15-10-16(8-9-18(15)20)21-12-14-6-3-5-13-4-1-2-7-17(13)14/h1-2,4,7-10,14H,3,5-6,11-12H2. The Kier molecular flexibility index (Phi) is 5.02. The Labute approximate surface area is 143 Å². The van der Waals surface area contributed by atoms with Crippen LogP contribution in [0, 0.1) is 0 Å². The van der Waals surface area contributed by atoms with Gasteiger partial charge in [-0.3, -0.25) is 0 Å². The smallest absolute Gasteiger partial charge is 0.119 e. The molecule has 3 rings (SSSR count). The molecule has 0 spiro atoms. The van der Waals surface area contributed by atoms with Crippen molar-refractivity contribution in [1.29, 1.82) is 0 Å². The highest BCUT2D eigenvalue weighted by molar-refractivity contribution is 9.10. The van der Waals surface area contributed by atoms with Gasteiger partial charge in [-0.2, -0.15) is 0 Å². The SMILES string of the molecule is BrCc1cc(OCC2CCCc3ccccc32)ccc1Br. The van der Waals surface area contributed by atoms with Crippen LogP contribution < -0.4 is 4.74 Å². The lowest BCUT2D eigenvalue weighted by Crippen LogP contribution is -2.16. The maximum atomic E-state index is 6.06. The summed E-state index contributed by atoms with van der Waals surface area (Å²) in [5, 5.41) is 0.830. The average Bonchev–Trinajstić information content (AvgIpc) is 2.54. The Morgan fingerprint density at radius 1 is 1.14 bits per heavy atom. The normalized spacial score (nSPS) is 17.3. The molecule has 110 valence electrons. The molecule has 0 fully saturated rings. The lowest BCUT2D eigenvalue weighted by Gasteiger charge is -2.25. The van der Waals surface area contributed by atoms with Gasteiger partial charge in [0.1, 0.15) is 5.75 Å². The predicted molar refractivity (Wildman–Crippen MR) is 94.4 cm³/mol. The van der Waals surface area contributed by atoms with Gasteiger partial charge in [-0.1, -0.05) is 56.1 Å². The van der Waals surface area contributed by atoms with Crippen molar-refractivity contribution < 1.29 is 4.74 Å². The molecule has 0 aliphatic heterocycles. The van der Waals surface area contributed by atoms with Crippen LogP contribution in [-0.4, -0.2) is 6.61 Å². The zero-order valence-electron chi connectivity index (χ0n) is 11.8. The molecular weight excluding hydrogens is 392 g/mol. The van der Waals surface area contributed by atoms with Gasteiger partial charge < -0.3 is 4.74 Å². The van der Waals surface area contributed by atoms with Crippen molar-refractivity contribution in [2.75, 3.05) is 6.61 Å². The zero-order valence-corrected chi connectivity index (χ0v) is 15.0. The third-order valence-electron chi connectivity index (χ3n) is 4.11. The maximum absolute atomic E-state index is 6.06. The number of ether oxygens (including phenoxy) is 1. The van der Waals surface area contributed by atoms with Crippen molar-refractivity contribution in [3.63, 3.8) is 0 Å². The van der Waals surface area contributed by atoms with Gasteiger partial charge in [-0.15, -0.1) is 0 Å². The average molecular weight is 410 g/mol. The Morgan fingerprint density at radius 3 is 2.86 bits per heavy atom. The largest absolute Gasteiger partial charge is 0.493 e. The molecule has 0 saturated carbocycles. The summed E-state index contributed by atoms with van der Waals surface area (Å²) >= 11 is 7.06.